The van der Waals surface area contributed by atoms with Gasteiger partial charge in [-0.3, -0.25) is 23.6 Å². The number of aromatic nitrogens is 2. The lowest BCUT2D eigenvalue weighted by Crippen LogP contribution is -2.50. The predicted molar refractivity (Wildman–Crippen MR) is 94.6 cm³/mol. The quantitative estimate of drug-likeness (QED) is 0.783. The maximum atomic E-state index is 12.9. The van der Waals surface area contributed by atoms with Crippen LogP contribution < -0.4 is 11.2 Å². The average Bonchev–Trinajstić information content (AvgIpc) is 2.63. The van der Waals surface area contributed by atoms with Gasteiger partial charge in [-0.25, -0.2) is 4.79 Å². The second-order valence-corrected chi connectivity index (χ2v) is 6.43. The highest BCUT2D eigenvalue weighted by Gasteiger charge is 2.30. The smallest absolute Gasteiger partial charge is 0.331 e. The van der Waals surface area contributed by atoms with Crippen molar-refractivity contribution in [2.75, 3.05) is 26.7 Å². The van der Waals surface area contributed by atoms with Crippen molar-refractivity contribution in [2.45, 2.75) is 6.04 Å². The molecule has 0 aliphatic carbocycles. The molecule has 7 heteroatoms. The van der Waals surface area contributed by atoms with E-state index in [4.69, 9.17) is 0 Å². The summed E-state index contributed by atoms with van der Waals surface area (Å²) in [6, 6.07) is 11.3. The Balaban J connectivity index is 1.91. The van der Waals surface area contributed by atoms with E-state index in [1.807, 2.05) is 37.4 Å². The monoisotopic (exact) mass is 342 g/mol. The second-order valence-electron chi connectivity index (χ2n) is 6.43. The van der Waals surface area contributed by atoms with E-state index >= 15 is 0 Å². The molecule has 0 spiro atoms. The lowest BCUT2D eigenvalue weighted by molar-refractivity contribution is 0.0535. The molecule has 2 aromatic rings. The van der Waals surface area contributed by atoms with Gasteiger partial charge in [0.15, 0.2) is 0 Å². The number of piperazine rings is 1. The van der Waals surface area contributed by atoms with Gasteiger partial charge in [-0.1, -0.05) is 30.3 Å². The van der Waals surface area contributed by atoms with E-state index in [1.165, 1.54) is 24.7 Å². The summed E-state index contributed by atoms with van der Waals surface area (Å²) < 4.78 is 2.23. The molecule has 0 saturated carbocycles. The Morgan fingerprint density at radius 3 is 2.36 bits per heavy atom. The van der Waals surface area contributed by atoms with Gasteiger partial charge in [0.1, 0.15) is 5.69 Å². The summed E-state index contributed by atoms with van der Waals surface area (Å²) in [7, 11) is 4.95. The molecular formula is C18H22N4O3. The molecule has 0 N–H and O–H groups in total. The lowest BCUT2D eigenvalue weighted by Gasteiger charge is -2.39. The van der Waals surface area contributed by atoms with E-state index < -0.39 is 11.2 Å². The Labute approximate surface area is 145 Å². The molecule has 1 aromatic carbocycles. The highest BCUT2D eigenvalue weighted by atomic mass is 16.2. The van der Waals surface area contributed by atoms with Crippen molar-refractivity contribution in [1.29, 1.82) is 0 Å². The van der Waals surface area contributed by atoms with Gasteiger partial charge in [-0.05, 0) is 12.6 Å². The van der Waals surface area contributed by atoms with Crippen molar-refractivity contribution in [1.82, 2.24) is 18.9 Å². The first kappa shape index (κ1) is 17.2. The van der Waals surface area contributed by atoms with Crippen molar-refractivity contribution < 1.29 is 4.79 Å². The van der Waals surface area contributed by atoms with Crippen LogP contribution in [0.15, 0.2) is 46.0 Å². The summed E-state index contributed by atoms with van der Waals surface area (Å²) in [6.07, 6.45) is 0. The molecule has 3 rings (SSSR count). The van der Waals surface area contributed by atoms with Crippen LogP contribution in [0.1, 0.15) is 22.1 Å². The summed E-state index contributed by atoms with van der Waals surface area (Å²) in [6.45, 7) is 1.80. The van der Waals surface area contributed by atoms with Crippen molar-refractivity contribution in [2.24, 2.45) is 14.1 Å². The molecule has 2 heterocycles. The number of hydrogen-bond donors (Lipinski definition) is 0. The molecule has 0 radical (unpaired) electrons. The van der Waals surface area contributed by atoms with E-state index in [-0.39, 0.29) is 17.6 Å². The summed E-state index contributed by atoms with van der Waals surface area (Å²) in [5.74, 6) is -0.286. The van der Waals surface area contributed by atoms with Crippen LogP contribution in [-0.4, -0.2) is 51.5 Å². The van der Waals surface area contributed by atoms with E-state index in [9.17, 15) is 14.4 Å². The summed E-state index contributed by atoms with van der Waals surface area (Å²) in [4.78, 5) is 40.8. The fourth-order valence-electron chi connectivity index (χ4n) is 3.19. The van der Waals surface area contributed by atoms with Gasteiger partial charge >= 0.3 is 5.69 Å². The molecule has 0 bridgehead atoms. The van der Waals surface area contributed by atoms with Crippen LogP contribution in [0, 0.1) is 0 Å². The van der Waals surface area contributed by atoms with E-state index in [1.54, 1.807) is 4.90 Å². The maximum Gasteiger partial charge on any atom is 0.331 e. The van der Waals surface area contributed by atoms with Crippen LogP contribution in [0.3, 0.4) is 0 Å². The number of benzene rings is 1. The van der Waals surface area contributed by atoms with Crippen molar-refractivity contribution in [3.63, 3.8) is 0 Å². The van der Waals surface area contributed by atoms with Gasteiger partial charge < -0.3 is 4.90 Å². The molecule has 1 aromatic heterocycles. The Morgan fingerprint density at radius 2 is 1.68 bits per heavy atom. The molecule has 0 unspecified atom stereocenters. The van der Waals surface area contributed by atoms with Crippen LogP contribution >= 0.6 is 0 Å². The standard InChI is InChI=1S/C18H22N4O3/c1-19-9-10-22(12-15(19)13-7-5-4-6-8-13)17(24)14-11-16(23)21(3)18(25)20(14)2/h4-8,11,15H,9-10,12H2,1-3H3/t15-/m0/s1. The minimum atomic E-state index is -0.496. The van der Waals surface area contributed by atoms with Crippen LogP contribution in [0.5, 0.6) is 0 Å². The molecule has 1 aliphatic rings. The number of rotatable bonds is 2. The third-order valence-corrected chi connectivity index (χ3v) is 4.86. The molecule has 25 heavy (non-hydrogen) atoms. The van der Waals surface area contributed by atoms with E-state index in [2.05, 4.69) is 4.90 Å². The summed E-state index contributed by atoms with van der Waals surface area (Å²) >= 11 is 0. The molecule has 1 saturated heterocycles. The number of amides is 1. The number of carbonyl (C=O) groups excluding carboxylic acids is 1. The zero-order valence-corrected chi connectivity index (χ0v) is 14.7. The third kappa shape index (κ3) is 3.15. The molecule has 132 valence electrons. The highest BCUT2D eigenvalue weighted by molar-refractivity contribution is 5.92. The second kappa shape index (κ2) is 6.68. The molecule has 7 nitrogen and oxygen atoms in total. The first-order valence-corrected chi connectivity index (χ1v) is 8.21. The van der Waals surface area contributed by atoms with Crippen molar-refractivity contribution in [3.8, 4) is 0 Å². The Hall–Kier alpha value is -2.67. The van der Waals surface area contributed by atoms with Gasteiger partial charge in [0.05, 0.1) is 6.04 Å². The van der Waals surface area contributed by atoms with E-state index in [0.29, 0.717) is 13.1 Å². The molecule has 1 atom stereocenters. The van der Waals surface area contributed by atoms with Crippen molar-refractivity contribution in [3.05, 3.63) is 68.5 Å². The molecule has 1 amide bonds. The highest BCUT2D eigenvalue weighted by Crippen LogP contribution is 2.24. The number of nitrogens with zero attached hydrogens (tertiary/aromatic N) is 4. The SMILES string of the molecule is CN1CCN(C(=O)c2cc(=O)n(C)c(=O)n2C)C[C@H]1c1ccccc1. The first-order valence-electron chi connectivity index (χ1n) is 8.21. The Kier molecular flexibility index (Phi) is 4.59. The first-order chi connectivity index (χ1) is 11.9. The fraction of sp³-hybridized carbons (Fsp3) is 0.389. The average molecular weight is 342 g/mol. The van der Waals surface area contributed by atoms with Gasteiger partial charge in [0, 0.05) is 39.8 Å². The number of likely N-dealkylation sites (N-methyl/N-ethyl adjacent to an activating group) is 1. The van der Waals surface area contributed by atoms with E-state index in [0.717, 1.165) is 16.7 Å². The number of hydrogen-bond acceptors (Lipinski definition) is 4. The van der Waals surface area contributed by atoms with Gasteiger partial charge in [-0.15, -0.1) is 0 Å². The van der Waals surface area contributed by atoms with Crippen LogP contribution in [0.2, 0.25) is 0 Å². The summed E-state index contributed by atoms with van der Waals surface area (Å²) in [5, 5.41) is 0. The van der Waals surface area contributed by atoms with Gasteiger partial charge in [-0.2, -0.15) is 0 Å². The molecule has 1 fully saturated rings. The molecule has 1 aliphatic heterocycles. The zero-order valence-electron chi connectivity index (χ0n) is 14.7. The van der Waals surface area contributed by atoms with Crippen LogP contribution in [-0.2, 0) is 14.1 Å². The number of carbonyl (C=O) groups is 1. The largest absolute Gasteiger partial charge is 0.334 e. The normalized spacial score (nSPS) is 18.4. The van der Waals surface area contributed by atoms with Gasteiger partial charge in [0.2, 0.25) is 0 Å². The third-order valence-electron chi connectivity index (χ3n) is 4.86. The molecular weight excluding hydrogens is 320 g/mol. The fourth-order valence-corrected chi connectivity index (χ4v) is 3.19. The van der Waals surface area contributed by atoms with Crippen LogP contribution in [0.4, 0.5) is 0 Å². The lowest BCUT2D eigenvalue weighted by atomic mass is 10.0. The Morgan fingerprint density at radius 1 is 1.00 bits per heavy atom. The topological polar surface area (TPSA) is 67.6 Å². The predicted octanol–water partition coefficient (Wildman–Crippen LogP) is 0.213. The Bertz CT molecular complexity index is 901. The zero-order chi connectivity index (χ0) is 18.1. The van der Waals surface area contributed by atoms with Crippen molar-refractivity contribution >= 4 is 5.91 Å². The van der Waals surface area contributed by atoms with Crippen LogP contribution in [0.25, 0.3) is 0 Å². The van der Waals surface area contributed by atoms with Gasteiger partial charge in [0.25, 0.3) is 11.5 Å². The summed E-state index contributed by atoms with van der Waals surface area (Å²) in [5.41, 5.74) is 0.301. The maximum absolute atomic E-state index is 12.9. The minimum absolute atomic E-state index is 0.0856. The minimum Gasteiger partial charge on any atom is -0.334 e.